The average Bonchev–Trinajstić information content (AvgIpc) is 3.31. The van der Waals surface area contributed by atoms with Crippen molar-refractivity contribution in [3.05, 3.63) is 36.5 Å². The molecule has 1 fully saturated rings. The molecule has 2 N–H and O–H groups in total. The fourth-order valence-corrected chi connectivity index (χ4v) is 3.48. The van der Waals surface area contributed by atoms with Gasteiger partial charge in [0.05, 0.1) is 24.8 Å². The van der Waals surface area contributed by atoms with E-state index in [2.05, 4.69) is 15.7 Å². The minimum Gasteiger partial charge on any atom is -0.376 e. The second-order valence-electron chi connectivity index (χ2n) is 6.78. The number of hydrogen-bond acceptors (Lipinski definition) is 4. The lowest BCUT2D eigenvalue weighted by molar-refractivity contribution is -0.128. The Labute approximate surface area is 151 Å². The lowest BCUT2D eigenvalue weighted by Crippen LogP contribution is -2.39. The molecule has 136 valence electrons. The Morgan fingerprint density at radius 1 is 1.35 bits per heavy atom. The number of hydrogen-bond donors (Lipinski definition) is 2. The minimum atomic E-state index is -0.421. The summed E-state index contributed by atoms with van der Waals surface area (Å²) >= 11 is 0. The summed E-state index contributed by atoms with van der Waals surface area (Å²) < 4.78 is 7.26. The van der Waals surface area contributed by atoms with E-state index >= 15 is 0 Å². The second kappa shape index (κ2) is 7.29. The van der Waals surface area contributed by atoms with Crippen molar-refractivity contribution in [3.63, 3.8) is 0 Å². The molecule has 3 heterocycles. The molecule has 2 aliphatic heterocycles. The highest BCUT2D eigenvalue weighted by atomic mass is 16.5. The van der Waals surface area contributed by atoms with Crippen LogP contribution in [-0.2, 0) is 20.9 Å². The van der Waals surface area contributed by atoms with E-state index in [-0.39, 0.29) is 24.3 Å². The smallest absolute Gasteiger partial charge is 0.231 e. The van der Waals surface area contributed by atoms with Crippen LogP contribution in [0.3, 0.4) is 0 Å². The van der Waals surface area contributed by atoms with Crippen LogP contribution < -0.4 is 10.6 Å². The van der Waals surface area contributed by atoms with Crippen molar-refractivity contribution in [2.45, 2.75) is 31.9 Å². The van der Waals surface area contributed by atoms with Gasteiger partial charge in [-0.15, -0.1) is 0 Å². The molecule has 2 aliphatic rings. The summed E-state index contributed by atoms with van der Waals surface area (Å²) in [6.07, 6.45) is 4.02. The first kappa shape index (κ1) is 16.8. The molecule has 0 aliphatic carbocycles. The Bertz CT molecular complexity index is 796. The number of carbonyl (C=O) groups is 2. The highest BCUT2D eigenvalue weighted by Crippen LogP contribution is 2.31. The lowest BCUT2D eigenvalue weighted by Gasteiger charge is -2.24. The number of rotatable bonds is 5. The predicted molar refractivity (Wildman–Crippen MR) is 96.4 cm³/mol. The molecule has 7 heteroatoms. The van der Waals surface area contributed by atoms with Gasteiger partial charge in [-0.3, -0.25) is 9.59 Å². The number of aromatic nitrogens is 2. The van der Waals surface area contributed by atoms with Crippen LogP contribution in [0.25, 0.3) is 11.1 Å². The molecule has 4 rings (SSSR count). The Hall–Kier alpha value is -2.67. The van der Waals surface area contributed by atoms with Gasteiger partial charge in [0.15, 0.2) is 0 Å². The molecule has 0 bridgehead atoms. The molecule has 0 radical (unpaired) electrons. The van der Waals surface area contributed by atoms with E-state index in [9.17, 15) is 9.59 Å². The largest absolute Gasteiger partial charge is 0.376 e. The molecule has 2 atom stereocenters. The maximum atomic E-state index is 12.5. The quantitative estimate of drug-likeness (QED) is 0.857. The Kier molecular flexibility index (Phi) is 4.71. The van der Waals surface area contributed by atoms with Crippen molar-refractivity contribution in [2.24, 2.45) is 5.92 Å². The van der Waals surface area contributed by atoms with Gasteiger partial charge in [-0.05, 0) is 18.4 Å². The molecule has 1 aromatic heterocycles. The second-order valence-corrected chi connectivity index (χ2v) is 6.78. The summed E-state index contributed by atoms with van der Waals surface area (Å²) in [6.45, 7) is 1.68. The Morgan fingerprint density at radius 3 is 2.96 bits per heavy atom. The SMILES string of the molecule is O=C(C[C@H]1Cn2ncc(-c3ccccc3)c2NC1=O)NC[C@H]1CCCO1. The molecular weight excluding hydrogens is 332 g/mol. The van der Waals surface area contributed by atoms with Crippen LogP contribution in [0.1, 0.15) is 19.3 Å². The maximum absolute atomic E-state index is 12.5. The van der Waals surface area contributed by atoms with E-state index in [1.165, 1.54) is 0 Å². The monoisotopic (exact) mass is 354 g/mol. The molecule has 2 amide bonds. The molecule has 26 heavy (non-hydrogen) atoms. The summed E-state index contributed by atoms with van der Waals surface area (Å²) in [5, 5.41) is 10.2. The standard InChI is InChI=1S/C19H22N4O3/c24-17(20-10-15-7-4-8-26-15)9-14-12-23-18(22-19(14)25)16(11-21-23)13-5-2-1-3-6-13/h1-3,5-6,11,14-15H,4,7-10,12H2,(H,20,24)(H,22,25)/t14-,15+/m0/s1. The first-order valence-electron chi connectivity index (χ1n) is 9.01. The van der Waals surface area contributed by atoms with Crippen LogP contribution in [0, 0.1) is 5.92 Å². The Balaban J connectivity index is 1.40. The molecular formula is C19H22N4O3. The van der Waals surface area contributed by atoms with Crippen LogP contribution in [-0.4, -0.2) is 40.9 Å². The highest BCUT2D eigenvalue weighted by molar-refractivity contribution is 5.98. The van der Waals surface area contributed by atoms with Crippen molar-refractivity contribution >= 4 is 17.6 Å². The number of benzene rings is 1. The first-order valence-corrected chi connectivity index (χ1v) is 9.01. The zero-order chi connectivity index (χ0) is 17.9. The third-order valence-electron chi connectivity index (χ3n) is 4.91. The maximum Gasteiger partial charge on any atom is 0.231 e. The molecule has 0 spiro atoms. The molecule has 0 saturated carbocycles. The lowest BCUT2D eigenvalue weighted by atomic mass is 10.0. The van der Waals surface area contributed by atoms with Gasteiger partial charge in [0.2, 0.25) is 11.8 Å². The van der Waals surface area contributed by atoms with Gasteiger partial charge >= 0.3 is 0 Å². The van der Waals surface area contributed by atoms with Crippen LogP contribution >= 0.6 is 0 Å². The number of ether oxygens (including phenoxy) is 1. The third-order valence-corrected chi connectivity index (χ3v) is 4.91. The summed E-state index contributed by atoms with van der Waals surface area (Å²) in [6, 6.07) is 9.81. The van der Waals surface area contributed by atoms with Gasteiger partial charge < -0.3 is 15.4 Å². The summed E-state index contributed by atoms with van der Waals surface area (Å²) in [5.41, 5.74) is 1.89. The first-order chi connectivity index (χ1) is 12.7. The Morgan fingerprint density at radius 2 is 2.19 bits per heavy atom. The van der Waals surface area contributed by atoms with Crippen molar-refractivity contribution in [3.8, 4) is 11.1 Å². The van der Waals surface area contributed by atoms with Gasteiger partial charge in [0.1, 0.15) is 5.82 Å². The predicted octanol–water partition coefficient (Wildman–Crippen LogP) is 1.80. The third kappa shape index (κ3) is 3.48. The summed E-state index contributed by atoms with van der Waals surface area (Å²) in [4.78, 5) is 24.7. The van der Waals surface area contributed by atoms with E-state index in [0.29, 0.717) is 18.9 Å². The number of nitrogens with one attached hydrogen (secondary N) is 2. The van der Waals surface area contributed by atoms with Gasteiger partial charge in [0, 0.05) is 25.1 Å². The van der Waals surface area contributed by atoms with Crippen molar-refractivity contribution in [1.82, 2.24) is 15.1 Å². The zero-order valence-corrected chi connectivity index (χ0v) is 14.5. The van der Waals surface area contributed by atoms with Gasteiger partial charge in [-0.1, -0.05) is 30.3 Å². The van der Waals surface area contributed by atoms with Crippen molar-refractivity contribution < 1.29 is 14.3 Å². The fraction of sp³-hybridized carbons (Fsp3) is 0.421. The minimum absolute atomic E-state index is 0.102. The topological polar surface area (TPSA) is 85.2 Å². The van der Waals surface area contributed by atoms with Gasteiger partial charge in [0.25, 0.3) is 0 Å². The molecule has 2 aromatic rings. The molecule has 7 nitrogen and oxygen atoms in total. The average molecular weight is 354 g/mol. The van der Waals surface area contributed by atoms with E-state index in [1.807, 2.05) is 30.3 Å². The van der Waals surface area contributed by atoms with Crippen LogP contribution in [0.2, 0.25) is 0 Å². The molecule has 1 saturated heterocycles. The van der Waals surface area contributed by atoms with Crippen molar-refractivity contribution in [1.29, 1.82) is 0 Å². The fourth-order valence-electron chi connectivity index (χ4n) is 3.48. The van der Waals surface area contributed by atoms with Crippen LogP contribution in [0.4, 0.5) is 5.82 Å². The van der Waals surface area contributed by atoms with E-state index in [4.69, 9.17) is 4.74 Å². The highest BCUT2D eigenvalue weighted by Gasteiger charge is 2.30. The van der Waals surface area contributed by atoms with Gasteiger partial charge in [-0.25, -0.2) is 4.68 Å². The summed E-state index contributed by atoms with van der Waals surface area (Å²) in [7, 11) is 0. The van der Waals surface area contributed by atoms with E-state index < -0.39 is 5.92 Å². The molecule has 0 unspecified atom stereocenters. The van der Waals surface area contributed by atoms with E-state index in [1.54, 1.807) is 10.9 Å². The normalized spacial score (nSPS) is 21.9. The zero-order valence-electron chi connectivity index (χ0n) is 14.5. The molecule has 1 aromatic carbocycles. The van der Waals surface area contributed by atoms with E-state index in [0.717, 1.165) is 30.6 Å². The number of nitrogens with zero attached hydrogens (tertiary/aromatic N) is 2. The van der Waals surface area contributed by atoms with Crippen molar-refractivity contribution in [2.75, 3.05) is 18.5 Å². The van der Waals surface area contributed by atoms with Gasteiger partial charge in [-0.2, -0.15) is 5.10 Å². The number of amides is 2. The summed E-state index contributed by atoms with van der Waals surface area (Å²) in [5.74, 6) is 0.00900. The van der Waals surface area contributed by atoms with Crippen LogP contribution in [0.15, 0.2) is 36.5 Å². The number of carbonyl (C=O) groups excluding carboxylic acids is 2. The number of anilines is 1. The number of fused-ring (bicyclic) bond motifs is 1. The van der Waals surface area contributed by atoms with Crippen LogP contribution in [0.5, 0.6) is 0 Å².